The first-order chi connectivity index (χ1) is 41.5. The number of methoxy groups -OCH3 is 3. The maximum Gasteiger partial charge on any atom is 0.389 e. The number of sulfonamides is 3. The van der Waals surface area contributed by atoms with Crippen LogP contribution in [0.1, 0.15) is 47.0 Å². The molecule has 33 nitrogen and oxygen atoms in total. The Morgan fingerprint density at radius 2 is 1.39 bits per heavy atom. The van der Waals surface area contributed by atoms with Crippen LogP contribution in [0.2, 0.25) is 10.0 Å². The molecule has 0 saturated heterocycles. The number of hydrogen-bond acceptors (Lipinski definition) is 23. The Bertz CT molecular complexity index is 4020. The number of carbonyl (C=O) groups excluding carboxylic acids is 3. The van der Waals surface area contributed by atoms with E-state index in [-0.39, 0.29) is 91.0 Å². The van der Waals surface area contributed by atoms with Gasteiger partial charge in [0.15, 0.2) is 12.4 Å². The Labute approximate surface area is 518 Å². The Kier molecular flexibility index (Phi) is 27.2. The molecule has 44 heteroatoms. The third-order valence-corrected chi connectivity index (χ3v) is 15.4. The number of nitrogens with zero attached hydrogens (tertiary/aromatic N) is 10. The Balaban J connectivity index is 0.000000327. The molecule has 2 unspecified atom stereocenters. The van der Waals surface area contributed by atoms with Crippen LogP contribution in [0.3, 0.4) is 0 Å². The first-order valence-corrected chi connectivity index (χ1v) is 32.4. The Hall–Kier alpha value is -8.47. The number of amides is 5. The van der Waals surface area contributed by atoms with Crippen LogP contribution >= 0.6 is 30.6 Å². The lowest BCUT2D eigenvalue weighted by Crippen LogP contribution is -2.36. The summed E-state index contributed by atoms with van der Waals surface area (Å²) in [6, 6.07) is 7.99. The lowest BCUT2D eigenvalue weighted by Gasteiger charge is -2.14. The zero-order valence-corrected chi connectivity index (χ0v) is 53.0. The highest BCUT2D eigenvalue weighted by Gasteiger charge is 2.30. The summed E-state index contributed by atoms with van der Waals surface area (Å²) in [6.07, 6.45) is -4.10. The summed E-state index contributed by atoms with van der Waals surface area (Å²) in [6.45, 7) is 0.836. The molecule has 494 valence electrons. The van der Waals surface area contributed by atoms with Crippen molar-refractivity contribution in [2.24, 2.45) is 5.73 Å². The maximum atomic E-state index is 12.8. The van der Waals surface area contributed by atoms with Gasteiger partial charge in [-0.25, -0.2) is 50.2 Å². The molecule has 0 aliphatic heterocycles. The van der Waals surface area contributed by atoms with Gasteiger partial charge in [-0.1, -0.05) is 41.4 Å². The lowest BCUT2D eigenvalue weighted by atomic mass is 10.1. The number of carboxylic acids is 1. The summed E-state index contributed by atoms with van der Waals surface area (Å²) in [5.41, 5.74) is 3.56. The van der Waals surface area contributed by atoms with Crippen LogP contribution in [0.15, 0.2) is 75.5 Å². The highest BCUT2D eigenvalue weighted by molar-refractivity contribution is 7.92. The van der Waals surface area contributed by atoms with Crippen molar-refractivity contribution in [3.05, 3.63) is 104 Å². The second-order valence-corrected chi connectivity index (χ2v) is 26.3. The van der Waals surface area contributed by atoms with Crippen molar-refractivity contribution in [1.29, 1.82) is 0 Å². The molecule has 0 aliphatic rings. The molecule has 4 heterocycles. The van der Waals surface area contributed by atoms with Gasteiger partial charge >= 0.3 is 42.5 Å². The monoisotopic (exact) mass is 1400 g/mol. The fraction of sp³-hybridized carbons (Fsp3) is 0.348. The van der Waals surface area contributed by atoms with E-state index in [4.69, 9.17) is 53.1 Å². The number of aliphatic carboxylic acids is 1. The minimum atomic E-state index is -4.46. The van der Waals surface area contributed by atoms with E-state index >= 15 is 0 Å². The molecular formula is C46H56Cl2F5N16O17PS3. The number of ether oxygens (including phenoxy) is 3. The summed E-state index contributed by atoms with van der Waals surface area (Å²) < 4.78 is 167. The first kappa shape index (κ1) is 75.8. The number of nitrogens with two attached hydrogens (primary N) is 1. The second-order valence-electron chi connectivity index (χ2n) is 17.9. The van der Waals surface area contributed by atoms with Gasteiger partial charge in [0.1, 0.15) is 17.7 Å². The number of aryl methyl sites for hydroxylation is 3. The average Bonchev–Trinajstić information content (AvgIpc) is 1.57. The molecular weight excluding hydrogens is 1340 g/mol. The number of carboxylic acid groups (broad SMARTS) is 1. The fourth-order valence-corrected chi connectivity index (χ4v) is 10.6. The Morgan fingerprint density at radius 1 is 0.822 bits per heavy atom. The number of rotatable bonds is 20. The van der Waals surface area contributed by atoms with E-state index in [1.54, 1.807) is 9.44 Å². The molecule has 4 aromatic heterocycles. The molecule has 0 saturated carbocycles. The first-order valence-electron chi connectivity index (χ1n) is 24.5. The van der Waals surface area contributed by atoms with E-state index in [1.807, 2.05) is 0 Å². The molecule has 0 bridgehead atoms. The number of alkyl halides is 5. The van der Waals surface area contributed by atoms with Crippen molar-refractivity contribution in [2.75, 3.05) is 69.9 Å². The van der Waals surface area contributed by atoms with Crippen LogP contribution in [-0.2, 0) is 45.9 Å². The van der Waals surface area contributed by atoms with Crippen LogP contribution < -0.4 is 50.4 Å². The topological polar surface area (TPSA) is 462 Å². The molecule has 2 atom stereocenters. The quantitative estimate of drug-likeness (QED) is 0.0388. The third kappa shape index (κ3) is 24.1. The summed E-state index contributed by atoms with van der Waals surface area (Å²) >= 11 is 11.8. The summed E-state index contributed by atoms with van der Waals surface area (Å²) in [7, 11) is -8.74. The Morgan fingerprint density at radius 3 is 1.89 bits per heavy atom. The predicted molar refractivity (Wildman–Crippen MR) is 311 cm³/mol. The number of halogens is 7. The van der Waals surface area contributed by atoms with Crippen LogP contribution in [-0.4, -0.2) is 175 Å². The molecule has 9 N–H and O–H groups in total. The van der Waals surface area contributed by atoms with Gasteiger partial charge in [-0.05, 0) is 62.6 Å². The number of benzene rings is 2. The normalized spacial score (nSPS) is 12.3. The highest BCUT2D eigenvalue weighted by Crippen LogP contribution is 2.36. The van der Waals surface area contributed by atoms with Crippen LogP contribution in [0.4, 0.5) is 49.1 Å². The molecule has 90 heavy (non-hydrogen) atoms. The van der Waals surface area contributed by atoms with Gasteiger partial charge < -0.3 is 34.8 Å². The lowest BCUT2D eigenvalue weighted by molar-refractivity contribution is -0.138. The standard InChI is InChI=1S/C15H16F3N5O4S.C15H18N6O6S.C11H10Cl2F2N4O3S.C5H12NO4P/c1-9-19-12(22-14(20-9)27-2)21-13(24)23-28(25,26)11-6-4-3-5-10(11)7-8-15(16,17)18;1-21(2)13(22)9-6-5-7-16-12(9)28(24,25)20-15(23)19-14-17-10(26-3)8-11(18-14)27-4;1-5-16-19(11(20)18(5)10(14)15)9-4-8(17-23(2,21)22)6(12)3-7(9)13;1-11(9,10)3-2-4(6)5(7)8/h3-6H,7-8H2,1-2H3,(H2,19,20,21,22,23,24);5-8H,1-4H3,(H2,17,18,19,20,23);3-4,10,17H,1-2H3;4H,2-3,6H2,1H3,(H,7,8)(H,9,10). The zero-order chi connectivity index (χ0) is 68.4. The van der Waals surface area contributed by atoms with Gasteiger partial charge in [-0.3, -0.25) is 29.5 Å². The van der Waals surface area contributed by atoms with Gasteiger partial charge in [-0.2, -0.15) is 60.0 Å². The number of urea groups is 2. The van der Waals surface area contributed by atoms with Crippen LogP contribution in [0.25, 0.3) is 5.69 Å². The van der Waals surface area contributed by atoms with E-state index < -0.39 is 109 Å². The van der Waals surface area contributed by atoms with Gasteiger partial charge in [0.05, 0.1) is 65.5 Å². The van der Waals surface area contributed by atoms with Gasteiger partial charge in [0, 0.05) is 39.5 Å². The maximum absolute atomic E-state index is 12.8. The molecule has 0 radical (unpaired) electrons. The molecule has 2 aromatic carbocycles. The van der Waals surface area contributed by atoms with Gasteiger partial charge in [-0.15, -0.1) is 5.10 Å². The predicted octanol–water partition coefficient (Wildman–Crippen LogP) is 4.40. The van der Waals surface area contributed by atoms with Crippen LogP contribution in [0.5, 0.6) is 17.8 Å². The van der Waals surface area contributed by atoms with E-state index in [9.17, 15) is 75.7 Å². The van der Waals surface area contributed by atoms with Crippen molar-refractivity contribution < 1.29 is 95.2 Å². The molecule has 0 fully saturated rings. The van der Waals surface area contributed by atoms with Gasteiger partial charge in [0.2, 0.25) is 33.7 Å². The largest absolute Gasteiger partial charge is 0.481 e. The van der Waals surface area contributed by atoms with Gasteiger partial charge in [0.25, 0.3) is 26.0 Å². The summed E-state index contributed by atoms with van der Waals surface area (Å²) in [4.78, 5) is 90.7. The second kappa shape index (κ2) is 32.3. The molecule has 0 spiro atoms. The van der Waals surface area contributed by atoms with E-state index in [0.29, 0.717) is 4.68 Å². The van der Waals surface area contributed by atoms with Crippen molar-refractivity contribution in [3.63, 3.8) is 0 Å². The van der Waals surface area contributed by atoms with E-state index in [1.165, 1.54) is 109 Å². The SMILES string of the molecule is COc1cc(OC)nc(NC(=O)NS(=O)(=O)c2ncccc2C(=O)N(C)C)n1.COc1nc(C)nc(NC(=O)NS(=O)(=O)c2ccccc2CCC(F)(F)F)n1.CP(=O)(O)CCC(N)C(=O)O.Cc1nn(-c2cc(NS(C)(=O)=O)c(Cl)cc2Cl)c(=O)n1C(F)F. The van der Waals surface area contributed by atoms with Crippen molar-refractivity contribution >= 4 is 102 Å². The van der Waals surface area contributed by atoms with E-state index in [0.717, 1.165) is 18.4 Å². The number of carbonyl (C=O) groups is 4. The smallest absolute Gasteiger partial charge is 0.389 e. The average molecular weight is 1400 g/mol. The molecule has 5 amide bonds. The number of pyridine rings is 1. The zero-order valence-electron chi connectivity index (χ0n) is 48.1. The van der Waals surface area contributed by atoms with Crippen molar-refractivity contribution in [2.45, 2.75) is 61.8 Å². The van der Waals surface area contributed by atoms with E-state index in [2.05, 4.69) is 50.4 Å². The number of hydrogen-bond donors (Lipinski definition) is 8. The molecule has 0 aliphatic carbocycles. The van der Waals surface area contributed by atoms with Crippen molar-refractivity contribution in [3.8, 4) is 23.5 Å². The number of aromatic nitrogens is 9. The number of nitrogens with one attached hydrogen (secondary N) is 5. The summed E-state index contributed by atoms with van der Waals surface area (Å²) in [5, 5.41) is 15.6. The minimum Gasteiger partial charge on any atom is -0.481 e. The highest BCUT2D eigenvalue weighted by atomic mass is 35.5. The summed E-state index contributed by atoms with van der Waals surface area (Å²) in [5.74, 6) is -2.08. The molecule has 6 aromatic rings. The van der Waals surface area contributed by atoms with Crippen molar-refractivity contribution in [1.82, 2.24) is 58.6 Å². The minimum absolute atomic E-state index is 0.0257. The third-order valence-electron chi connectivity index (χ3n) is 10.4. The molecule has 6 rings (SSSR count). The fourth-order valence-electron chi connectivity index (χ4n) is 6.47. The van der Waals surface area contributed by atoms with Crippen LogP contribution in [0, 0.1) is 13.8 Å². The number of anilines is 3.